The number of amides is 1. The van der Waals surface area contributed by atoms with Crippen LogP contribution in [0, 0.1) is 17.2 Å². The van der Waals surface area contributed by atoms with Gasteiger partial charge in [-0.2, -0.15) is 5.26 Å². The van der Waals surface area contributed by atoms with E-state index in [-0.39, 0.29) is 17.2 Å². The van der Waals surface area contributed by atoms with Crippen LogP contribution in [-0.2, 0) is 16.0 Å². The van der Waals surface area contributed by atoms with Gasteiger partial charge in [0.1, 0.15) is 23.4 Å². The monoisotopic (exact) mass is 331 g/mol. The molecule has 7 heteroatoms. The number of hydrogen-bond donors (Lipinski definition) is 4. The molecular formula is C17H21N3O4. The van der Waals surface area contributed by atoms with E-state index < -0.39 is 17.9 Å². The highest BCUT2D eigenvalue weighted by molar-refractivity contribution is 5.99. The lowest BCUT2D eigenvalue weighted by atomic mass is 10.0. The van der Waals surface area contributed by atoms with Crippen LogP contribution in [-0.4, -0.2) is 34.7 Å². The molecule has 0 aliphatic carbocycles. The number of nitriles is 1. The van der Waals surface area contributed by atoms with Crippen LogP contribution in [0.3, 0.4) is 0 Å². The second-order valence-electron chi connectivity index (χ2n) is 5.57. The molecule has 0 fully saturated rings. The summed E-state index contributed by atoms with van der Waals surface area (Å²) in [5.41, 5.74) is 0.801. The molecule has 0 aliphatic rings. The molecule has 0 spiro atoms. The Morgan fingerprint density at radius 1 is 1.29 bits per heavy atom. The summed E-state index contributed by atoms with van der Waals surface area (Å²) in [6.45, 7) is 3.82. The van der Waals surface area contributed by atoms with Crippen molar-refractivity contribution in [3.05, 3.63) is 41.6 Å². The number of nitrogens with zero attached hydrogens (tertiary/aromatic N) is 1. The summed E-state index contributed by atoms with van der Waals surface area (Å²) < 4.78 is 0. The van der Waals surface area contributed by atoms with Gasteiger partial charge in [0.15, 0.2) is 0 Å². The summed E-state index contributed by atoms with van der Waals surface area (Å²) in [4.78, 5) is 23.0. The van der Waals surface area contributed by atoms with Gasteiger partial charge in [0, 0.05) is 12.7 Å². The van der Waals surface area contributed by atoms with Crippen LogP contribution in [0.2, 0.25) is 0 Å². The maximum atomic E-state index is 12.0. The molecule has 7 nitrogen and oxygen atoms in total. The first-order chi connectivity index (χ1) is 11.3. The smallest absolute Gasteiger partial charge is 0.326 e. The summed E-state index contributed by atoms with van der Waals surface area (Å²) in [7, 11) is 0. The van der Waals surface area contributed by atoms with Gasteiger partial charge in [-0.15, -0.1) is 0 Å². The van der Waals surface area contributed by atoms with E-state index in [2.05, 4.69) is 10.6 Å². The topological polar surface area (TPSA) is 122 Å². The van der Waals surface area contributed by atoms with Gasteiger partial charge in [0.2, 0.25) is 0 Å². The molecule has 1 aromatic rings. The predicted molar refractivity (Wildman–Crippen MR) is 87.9 cm³/mol. The minimum Gasteiger partial charge on any atom is -0.508 e. The zero-order valence-electron chi connectivity index (χ0n) is 13.6. The van der Waals surface area contributed by atoms with Crippen molar-refractivity contribution in [3.8, 4) is 11.8 Å². The van der Waals surface area contributed by atoms with Crippen LogP contribution >= 0.6 is 0 Å². The van der Waals surface area contributed by atoms with Crippen molar-refractivity contribution in [1.29, 1.82) is 5.26 Å². The van der Waals surface area contributed by atoms with Gasteiger partial charge in [0.05, 0.1) is 0 Å². The number of rotatable bonds is 8. The fraction of sp³-hybridized carbons (Fsp3) is 0.353. The number of aromatic hydroxyl groups is 1. The molecule has 1 unspecified atom stereocenters. The number of carbonyl (C=O) groups is 2. The Kier molecular flexibility index (Phi) is 7.30. The Hall–Kier alpha value is -3.01. The van der Waals surface area contributed by atoms with Crippen LogP contribution in [0.1, 0.15) is 19.4 Å². The van der Waals surface area contributed by atoms with Gasteiger partial charge in [-0.1, -0.05) is 26.0 Å². The molecule has 1 atom stereocenters. The van der Waals surface area contributed by atoms with Crippen LogP contribution in [0.15, 0.2) is 36.0 Å². The fourth-order valence-electron chi connectivity index (χ4n) is 1.93. The Morgan fingerprint density at radius 3 is 2.42 bits per heavy atom. The van der Waals surface area contributed by atoms with E-state index in [1.54, 1.807) is 44.2 Å². The molecule has 1 rings (SSSR count). The Balaban J connectivity index is 2.56. The van der Waals surface area contributed by atoms with Gasteiger partial charge in [-0.25, -0.2) is 4.79 Å². The molecule has 128 valence electrons. The van der Waals surface area contributed by atoms with Gasteiger partial charge in [-0.3, -0.25) is 4.79 Å². The lowest BCUT2D eigenvalue weighted by molar-refractivity contribution is -0.142. The largest absolute Gasteiger partial charge is 0.508 e. The summed E-state index contributed by atoms with van der Waals surface area (Å²) >= 11 is 0. The summed E-state index contributed by atoms with van der Waals surface area (Å²) in [6.07, 6.45) is 1.91. The lowest BCUT2D eigenvalue weighted by Gasteiger charge is -2.17. The molecule has 0 saturated carbocycles. The number of phenols is 1. The Bertz CT molecular complexity index is 645. The third kappa shape index (κ3) is 6.01. The average molecular weight is 331 g/mol. The Labute approximate surface area is 140 Å². The highest BCUT2D eigenvalue weighted by Crippen LogP contribution is 2.09. The average Bonchev–Trinajstić information content (AvgIpc) is 2.53. The van der Waals surface area contributed by atoms with Gasteiger partial charge in [0.25, 0.3) is 5.91 Å². The number of carboxylic acid groups (broad SMARTS) is 1. The molecule has 0 bridgehead atoms. The van der Waals surface area contributed by atoms with E-state index >= 15 is 0 Å². The number of aliphatic carboxylic acids is 1. The molecule has 1 aromatic carbocycles. The first kappa shape index (κ1) is 19.0. The first-order valence-electron chi connectivity index (χ1n) is 7.50. The SMILES string of the molecule is CC(C)C(NC(=O)/C(C#N)=C\NCCc1ccc(O)cc1)C(=O)O. The minimum atomic E-state index is -1.14. The van der Waals surface area contributed by atoms with Gasteiger partial charge in [-0.05, 0) is 30.0 Å². The maximum absolute atomic E-state index is 12.0. The van der Waals surface area contributed by atoms with E-state index in [0.29, 0.717) is 13.0 Å². The molecule has 0 heterocycles. The standard InChI is InChI=1S/C17H21N3O4/c1-11(2)15(17(23)24)20-16(22)13(9-18)10-19-8-7-12-3-5-14(21)6-4-12/h3-6,10-11,15,19,21H,7-8H2,1-2H3,(H,20,22)(H,23,24)/b13-10-. The van der Waals surface area contributed by atoms with Crippen molar-refractivity contribution in [2.45, 2.75) is 26.3 Å². The summed E-state index contributed by atoms with van der Waals surface area (Å²) in [5, 5.41) is 32.5. The van der Waals surface area contributed by atoms with Crippen LogP contribution in [0.4, 0.5) is 0 Å². The second-order valence-corrected chi connectivity index (χ2v) is 5.57. The zero-order chi connectivity index (χ0) is 18.1. The quantitative estimate of drug-likeness (QED) is 0.322. The van der Waals surface area contributed by atoms with E-state index in [9.17, 15) is 14.7 Å². The number of carboxylic acids is 1. The third-order valence-corrected chi connectivity index (χ3v) is 3.33. The van der Waals surface area contributed by atoms with E-state index in [4.69, 9.17) is 10.4 Å². The van der Waals surface area contributed by atoms with Crippen molar-refractivity contribution in [1.82, 2.24) is 10.6 Å². The second kappa shape index (κ2) is 9.20. The molecule has 24 heavy (non-hydrogen) atoms. The molecule has 1 amide bonds. The van der Waals surface area contributed by atoms with E-state index in [1.165, 1.54) is 6.20 Å². The normalized spacial score (nSPS) is 12.3. The van der Waals surface area contributed by atoms with Gasteiger partial charge >= 0.3 is 5.97 Å². The van der Waals surface area contributed by atoms with Crippen LogP contribution in [0.25, 0.3) is 0 Å². The van der Waals surface area contributed by atoms with Crippen molar-refractivity contribution < 1.29 is 19.8 Å². The van der Waals surface area contributed by atoms with E-state index in [1.807, 2.05) is 0 Å². The van der Waals surface area contributed by atoms with Crippen molar-refractivity contribution >= 4 is 11.9 Å². The number of nitrogens with one attached hydrogen (secondary N) is 2. The molecule has 0 saturated heterocycles. The maximum Gasteiger partial charge on any atom is 0.326 e. The zero-order valence-corrected chi connectivity index (χ0v) is 13.6. The van der Waals surface area contributed by atoms with Gasteiger partial charge < -0.3 is 20.8 Å². The lowest BCUT2D eigenvalue weighted by Crippen LogP contribution is -2.44. The molecule has 4 N–H and O–H groups in total. The highest BCUT2D eigenvalue weighted by Gasteiger charge is 2.24. The summed E-state index contributed by atoms with van der Waals surface area (Å²) in [5.74, 6) is -1.98. The molecule has 0 aromatic heterocycles. The molecule has 0 aliphatic heterocycles. The predicted octanol–water partition coefficient (Wildman–Crippen LogP) is 1.16. The fourth-order valence-corrected chi connectivity index (χ4v) is 1.93. The van der Waals surface area contributed by atoms with Crippen molar-refractivity contribution in [2.24, 2.45) is 5.92 Å². The van der Waals surface area contributed by atoms with Crippen molar-refractivity contribution in [2.75, 3.05) is 6.54 Å². The number of benzene rings is 1. The third-order valence-electron chi connectivity index (χ3n) is 3.33. The van der Waals surface area contributed by atoms with Crippen LogP contribution in [0.5, 0.6) is 5.75 Å². The highest BCUT2D eigenvalue weighted by atomic mass is 16.4. The number of carbonyl (C=O) groups excluding carboxylic acids is 1. The Morgan fingerprint density at radius 2 is 1.92 bits per heavy atom. The minimum absolute atomic E-state index is 0.187. The molecular weight excluding hydrogens is 310 g/mol. The number of hydrogen-bond acceptors (Lipinski definition) is 5. The first-order valence-corrected chi connectivity index (χ1v) is 7.50. The summed E-state index contributed by atoms with van der Waals surface area (Å²) in [6, 6.07) is 7.42. The van der Waals surface area contributed by atoms with Crippen LogP contribution < -0.4 is 10.6 Å². The van der Waals surface area contributed by atoms with E-state index in [0.717, 1.165) is 5.56 Å². The number of phenolic OH excluding ortho intramolecular Hbond substituents is 1. The van der Waals surface area contributed by atoms with Crippen molar-refractivity contribution in [3.63, 3.8) is 0 Å². The molecule has 0 radical (unpaired) electrons.